The van der Waals surface area contributed by atoms with Gasteiger partial charge in [0.15, 0.2) is 11.3 Å². The predicted octanol–water partition coefficient (Wildman–Crippen LogP) is 2.85. The monoisotopic (exact) mass is 512 g/mol. The van der Waals surface area contributed by atoms with E-state index in [-0.39, 0.29) is 23.1 Å². The Morgan fingerprint density at radius 2 is 1.26 bits per heavy atom. The smallest absolute Gasteiger partial charge is 0.237 e. The molecule has 5 heteroatoms. The van der Waals surface area contributed by atoms with E-state index < -0.39 is 0 Å². The molecule has 4 aromatic rings. The van der Waals surface area contributed by atoms with Gasteiger partial charge in [-0.25, -0.2) is 0 Å². The molecule has 2 unspecified atom stereocenters. The molecule has 4 aromatic carbocycles. The zero-order valence-corrected chi connectivity index (χ0v) is 20.3. The minimum absolute atomic E-state index is 0. The maximum atomic E-state index is 6.72. The van der Waals surface area contributed by atoms with Crippen LogP contribution in [0.4, 0.5) is 0 Å². The highest BCUT2D eigenvalue weighted by Crippen LogP contribution is 2.26. The maximum absolute atomic E-state index is 6.72. The van der Waals surface area contributed by atoms with E-state index in [0.29, 0.717) is 10.3 Å². The van der Waals surface area contributed by atoms with Crippen LogP contribution in [0.3, 0.4) is 0 Å². The maximum Gasteiger partial charge on any atom is 0.237 e. The van der Waals surface area contributed by atoms with Gasteiger partial charge in [0, 0.05) is 19.0 Å². The lowest BCUT2D eigenvalue weighted by atomic mass is 10.1. The summed E-state index contributed by atoms with van der Waals surface area (Å²) in [5.41, 5.74) is 2.49. The van der Waals surface area contributed by atoms with Crippen LogP contribution in [0.25, 0.3) is 21.5 Å². The Morgan fingerprint density at radius 3 is 1.87 bits per heavy atom. The standard InChI is InChI=1S/C26H22Cl2N2.BrH/c1-18-29(16-19-10-12-21-6-2-4-8-23(21)14-19)25(27)26(28)30(18)17-20-11-13-22-7-3-5-9-24(22)15-20;/h2-15,18H,16-17H2,1H3;1H. The first-order valence-electron chi connectivity index (χ1n) is 10.2. The minimum atomic E-state index is 0. The molecule has 5 rings (SSSR count). The fourth-order valence-corrected chi connectivity index (χ4v) is 5.00. The first-order chi connectivity index (χ1) is 14.6. The number of fused-ring (bicyclic) bond motifs is 2. The van der Waals surface area contributed by atoms with Crippen molar-refractivity contribution in [3.8, 4) is 0 Å². The summed E-state index contributed by atoms with van der Waals surface area (Å²) >= 11 is 13.4. The highest BCUT2D eigenvalue weighted by atomic mass is 79.9. The van der Waals surface area contributed by atoms with Gasteiger partial charge in [-0.15, -0.1) is 0 Å². The molecule has 2 atom stereocenters. The lowest BCUT2D eigenvalue weighted by Gasteiger charge is -2.26. The Balaban J connectivity index is 0.00000231. The van der Waals surface area contributed by atoms with Crippen molar-refractivity contribution in [2.75, 3.05) is 0 Å². The van der Waals surface area contributed by atoms with Gasteiger partial charge in [0.25, 0.3) is 0 Å². The van der Waals surface area contributed by atoms with Crippen molar-refractivity contribution in [3.63, 3.8) is 0 Å². The Morgan fingerprint density at radius 1 is 0.742 bits per heavy atom. The van der Waals surface area contributed by atoms with Gasteiger partial charge < -0.3 is 21.9 Å². The Bertz CT molecular complexity index is 1170. The molecule has 0 bridgehead atoms. The van der Waals surface area contributed by atoms with Crippen molar-refractivity contribution in [1.29, 1.82) is 0 Å². The molecule has 0 aromatic heterocycles. The van der Waals surface area contributed by atoms with E-state index in [4.69, 9.17) is 23.2 Å². The highest BCUT2D eigenvalue weighted by molar-refractivity contribution is 6.38. The number of rotatable bonds is 4. The fraction of sp³-hybridized carbons (Fsp3) is 0.154. The van der Waals surface area contributed by atoms with Crippen molar-refractivity contribution in [3.05, 3.63) is 106 Å². The van der Waals surface area contributed by atoms with Gasteiger partial charge in [0.2, 0.25) is 5.16 Å². The molecule has 1 N–H and O–H groups in total. The first-order valence-corrected chi connectivity index (χ1v) is 11.0. The lowest BCUT2D eigenvalue weighted by molar-refractivity contribution is -0.895. The highest BCUT2D eigenvalue weighted by Gasteiger charge is 2.39. The lowest BCUT2D eigenvalue weighted by Crippen LogP contribution is -3.11. The quantitative estimate of drug-likeness (QED) is 0.412. The second-order valence-corrected chi connectivity index (χ2v) is 8.71. The number of halogens is 3. The molecular formula is C26H23BrCl2N2. The summed E-state index contributed by atoms with van der Waals surface area (Å²) in [6, 6.07) is 30.1. The number of quaternary nitrogens is 1. The predicted molar refractivity (Wildman–Crippen MR) is 126 cm³/mol. The van der Waals surface area contributed by atoms with Gasteiger partial charge >= 0.3 is 0 Å². The second-order valence-electron chi connectivity index (χ2n) is 7.97. The summed E-state index contributed by atoms with van der Waals surface area (Å²) in [5.74, 6) is 0. The number of hydrogen-bond acceptors (Lipinski definition) is 1. The molecular weight excluding hydrogens is 491 g/mol. The number of benzene rings is 4. The molecule has 0 amide bonds. The van der Waals surface area contributed by atoms with E-state index >= 15 is 0 Å². The molecule has 0 saturated carbocycles. The van der Waals surface area contributed by atoms with E-state index in [9.17, 15) is 0 Å². The average molecular weight is 514 g/mol. The number of nitrogens with zero attached hydrogens (tertiary/aromatic N) is 1. The Kier molecular flexibility index (Phi) is 6.59. The van der Waals surface area contributed by atoms with Crippen LogP contribution in [0.15, 0.2) is 95.2 Å². The van der Waals surface area contributed by atoms with Crippen molar-refractivity contribution >= 4 is 44.7 Å². The van der Waals surface area contributed by atoms with Gasteiger partial charge in [-0.3, -0.25) is 4.90 Å². The van der Waals surface area contributed by atoms with Crippen molar-refractivity contribution in [2.24, 2.45) is 0 Å². The van der Waals surface area contributed by atoms with Crippen LogP contribution in [0, 0.1) is 0 Å². The van der Waals surface area contributed by atoms with Crippen molar-refractivity contribution < 1.29 is 21.9 Å². The second kappa shape index (κ2) is 9.22. The van der Waals surface area contributed by atoms with Crippen LogP contribution in [0.5, 0.6) is 0 Å². The summed E-state index contributed by atoms with van der Waals surface area (Å²) in [4.78, 5) is 3.38. The van der Waals surface area contributed by atoms with E-state index in [0.717, 1.165) is 13.1 Å². The molecule has 0 aliphatic carbocycles. The van der Waals surface area contributed by atoms with Gasteiger partial charge in [-0.2, -0.15) is 0 Å². The van der Waals surface area contributed by atoms with Crippen LogP contribution >= 0.6 is 23.2 Å². The van der Waals surface area contributed by atoms with E-state index in [1.807, 2.05) is 0 Å². The summed E-state index contributed by atoms with van der Waals surface area (Å²) in [6.07, 6.45) is 0.156. The fourth-order valence-electron chi connectivity index (χ4n) is 4.33. The average Bonchev–Trinajstić information content (AvgIpc) is 2.97. The number of hydrogen-bond donors (Lipinski definition) is 1. The molecule has 0 saturated heterocycles. The van der Waals surface area contributed by atoms with E-state index in [1.54, 1.807) is 0 Å². The van der Waals surface area contributed by atoms with Crippen LogP contribution in [0.1, 0.15) is 18.1 Å². The third kappa shape index (κ3) is 4.33. The normalized spacial score (nSPS) is 18.6. The largest absolute Gasteiger partial charge is 1.00 e. The Labute approximate surface area is 203 Å². The van der Waals surface area contributed by atoms with Gasteiger partial charge in [-0.05, 0) is 50.8 Å². The van der Waals surface area contributed by atoms with Crippen molar-refractivity contribution in [1.82, 2.24) is 4.90 Å². The van der Waals surface area contributed by atoms with Crippen LogP contribution in [-0.2, 0) is 13.1 Å². The summed E-state index contributed by atoms with van der Waals surface area (Å²) in [7, 11) is 0. The zero-order valence-electron chi connectivity index (χ0n) is 17.2. The molecule has 158 valence electrons. The van der Waals surface area contributed by atoms with Gasteiger partial charge in [-0.1, -0.05) is 84.4 Å². The molecule has 2 nitrogen and oxygen atoms in total. The first kappa shape index (κ1) is 22.2. The third-order valence-electron chi connectivity index (χ3n) is 6.06. The molecule has 0 fully saturated rings. The SMILES string of the molecule is CC1N(Cc2ccc3ccccc3c2)C(Cl)=C(Cl)[NH+]1Cc1ccc2ccccc2c1.[Br-]. The molecule has 0 radical (unpaired) electrons. The molecule has 1 heterocycles. The van der Waals surface area contributed by atoms with Crippen LogP contribution in [-0.4, -0.2) is 11.1 Å². The third-order valence-corrected chi connectivity index (χ3v) is 6.99. The van der Waals surface area contributed by atoms with Crippen LogP contribution < -0.4 is 21.9 Å². The van der Waals surface area contributed by atoms with Crippen molar-refractivity contribution in [2.45, 2.75) is 26.2 Å². The Hall–Kier alpha value is -2.04. The summed E-state index contributed by atoms with van der Waals surface area (Å²) < 4.78 is 0. The molecule has 31 heavy (non-hydrogen) atoms. The topological polar surface area (TPSA) is 7.68 Å². The van der Waals surface area contributed by atoms with E-state index in [1.165, 1.54) is 37.6 Å². The van der Waals surface area contributed by atoms with Gasteiger partial charge in [0.05, 0.1) is 0 Å². The van der Waals surface area contributed by atoms with Gasteiger partial charge in [0.1, 0.15) is 6.54 Å². The molecule has 0 spiro atoms. The summed E-state index contributed by atoms with van der Waals surface area (Å²) in [6.45, 7) is 3.73. The molecule has 1 aliphatic rings. The minimum Gasteiger partial charge on any atom is -1.00 e. The van der Waals surface area contributed by atoms with E-state index in [2.05, 4.69) is 96.8 Å². The van der Waals surface area contributed by atoms with Crippen LogP contribution in [0.2, 0.25) is 0 Å². The summed E-state index contributed by atoms with van der Waals surface area (Å²) in [5, 5.41) is 6.34. The number of nitrogens with one attached hydrogen (secondary N) is 1. The zero-order chi connectivity index (χ0) is 20.7. The molecule has 1 aliphatic heterocycles.